The largest absolute Gasteiger partial charge is 0.459 e. The first kappa shape index (κ1) is 14.7. The van der Waals surface area contributed by atoms with Crippen molar-refractivity contribution in [3.05, 3.63) is 77.4 Å². The van der Waals surface area contributed by atoms with Crippen molar-refractivity contribution in [2.75, 3.05) is 0 Å². The second kappa shape index (κ2) is 5.89. The molecule has 0 N–H and O–H groups in total. The molecule has 22 heavy (non-hydrogen) atoms. The second-order valence-corrected chi connectivity index (χ2v) is 6.19. The van der Waals surface area contributed by atoms with Gasteiger partial charge in [0.15, 0.2) is 5.78 Å². The standard InChI is InChI=1S/C18H13BrO3/c19-18(17(21)22-12-13-6-2-1-3-7-13)15-9-5-4-8-14(15)10-11-16(18)20/h1-11H,12H2. The number of benzene rings is 2. The van der Waals surface area contributed by atoms with E-state index in [9.17, 15) is 9.59 Å². The summed E-state index contributed by atoms with van der Waals surface area (Å²) in [6.07, 6.45) is 3.11. The molecular weight excluding hydrogens is 344 g/mol. The van der Waals surface area contributed by atoms with Crippen LogP contribution in [0.25, 0.3) is 6.08 Å². The molecule has 0 heterocycles. The van der Waals surface area contributed by atoms with Gasteiger partial charge in [0.05, 0.1) is 0 Å². The summed E-state index contributed by atoms with van der Waals surface area (Å²) in [7, 11) is 0. The van der Waals surface area contributed by atoms with E-state index < -0.39 is 10.3 Å². The molecule has 0 radical (unpaired) electrons. The maximum atomic E-state index is 12.5. The van der Waals surface area contributed by atoms with Crippen LogP contribution in [0.3, 0.4) is 0 Å². The Morgan fingerprint density at radius 1 is 1.00 bits per heavy atom. The van der Waals surface area contributed by atoms with Gasteiger partial charge in [-0.2, -0.15) is 0 Å². The quantitative estimate of drug-likeness (QED) is 0.479. The van der Waals surface area contributed by atoms with Crippen molar-refractivity contribution in [2.24, 2.45) is 0 Å². The summed E-state index contributed by atoms with van der Waals surface area (Å²) in [5.74, 6) is -0.928. The third-order valence-corrected chi connectivity index (χ3v) is 4.72. The number of hydrogen-bond donors (Lipinski definition) is 0. The van der Waals surface area contributed by atoms with Gasteiger partial charge in [0.2, 0.25) is 4.32 Å². The first-order valence-corrected chi connectivity index (χ1v) is 7.64. The van der Waals surface area contributed by atoms with E-state index >= 15 is 0 Å². The molecule has 4 heteroatoms. The Morgan fingerprint density at radius 2 is 1.68 bits per heavy atom. The maximum absolute atomic E-state index is 12.5. The summed E-state index contributed by atoms with van der Waals surface area (Å²) in [5.41, 5.74) is 2.32. The summed E-state index contributed by atoms with van der Waals surface area (Å²) in [6.45, 7) is 0.131. The number of ether oxygens (including phenoxy) is 1. The zero-order valence-electron chi connectivity index (χ0n) is 11.7. The number of alkyl halides is 1. The molecule has 3 rings (SSSR count). The molecule has 1 aliphatic carbocycles. The zero-order valence-corrected chi connectivity index (χ0v) is 13.2. The monoisotopic (exact) mass is 356 g/mol. The SMILES string of the molecule is O=C1C=Cc2ccccc2C1(Br)C(=O)OCc1ccccc1. The topological polar surface area (TPSA) is 43.4 Å². The number of rotatable bonds is 3. The number of ketones is 1. The molecule has 2 aromatic rings. The summed E-state index contributed by atoms with van der Waals surface area (Å²) in [6, 6.07) is 16.6. The van der Waals surface area contributed by atoms with Crippen LogP contribution in [-0.4, -0.2) is 11.8 Å². The number of hydrogen-bond acceptors (Lipinski definition) is 3. The first-order valence-electron chi connectivity index (χ1n) is 6.84. The van der Waals surface area contributed by atoms with E-state index in [4.69, 9.17) is 4.74 Å². The molecule has 2 aromatic carbocycles. The van der Waals surface area contributed by atoms with Crippen LogP contribution >= 0.6 is 15.9 Å². The number of esters is 1. The van der Waals surface area contributed by atoms with Crippen molar-refractivity contribution in [1.82, 2.24) is 0 Å². The van der Waals surface area contributed by atoms with E-state index in [-0.39, 0.29) is 12.4 Å². The molecule has 0 aliphatic heterocycles. The van der Waals surface area contributed by atoms with Crippen molar-refractivity contribution >= 4 is 33.8 Å². The Hall–Kier alpha value is -2.20. The normalized spacial score (nSPS) is 19.6. The third-order valence-electron chi connectivity index (χ3n) is 3.58. The molecule has 0 amide bonds. The van der Waals surface area contributed by atoms with Gasteiger partial charge in [-0.1, -0.05) is 76.6 Å². The van der Waals surface area contributed by atoms with Crippen LogP contribution in [0.4, 0.5) is 0 Å². The van der Waals surface area contributed by atoms with Crippen LogP contribution in [0.5, 0.6) is 0 Å². The fourth-order valence-electron chi connectivity index (χ4n) is 2.40. The van der Waals surface area contributed by atoms with E-state index in [2.05, 4.69) is 15.9 Å². The molecule has 3 nitrogen and oxygen atoms in total. The van der Waals surface area contributed by atoms with Crippen LogP contribution in [0.15, 0.2) is 60.7 Å². The van der Waals surface area contributed by atoms with Crippen molar-refractivity contribution in [3.8, 4) is 0 Å². The number of allylic oxidation sites excluding steroid dienone is 1. The number of halogens is 1. The minimum absolute atomic E-state index is 0.131. The minimum atomic E-state index is -1.47. The molecule has 0 spiro atoms. The van der Waals surface area contributed by atoms with E-state index in [0.29, 0.717) is 5.56 Å². The summed E-state index contributed by atoms with van der Waals surface area (Å²) in [4.78, 5) is 24.8. The highest BCUT2D eigenvalue weighted by molar-refractivity contribution is 9.10. The molecule has 0 fully saturated rings. The highest BCUT2D eigenvalue weighted by atomic mass is 79.9. The zero-order chi connectivity index (χ0) is 15.6. The molecule has 0 aromatic heterocycles. The van der Waals surface area contributed by atoms with E-state index in [1.54, 1.807) is 18.2 Å². The molecule has 110 valence electrons. The van der Waals surface area contributed by atoms with E-state index in [1.165, 1.54) is 6.08 Å². The first-order chi connectivity index (χ1) is 10.6. The van der Waals surface area contributed by atoms with E-state index in [0.717, 1.165) is 11.1 Å². The number of carbonyl (C=O) groups excluding carboxylic acids is 2. The van der Waals surface area contributed by atoms with Gasteiger partial charge in [0.1, 0.15) is 6.61 Å². The lowest BCUT2D eigenvalue weighted by Gasteiger charge is -2.27. The fraction of sp³-hybridized carbons (Fsp3) is 0.111. The van der Waals surface area contributed by atoms with Crippen LogP contribution in [0.2, 0.25) is 0 Å². The average Bonchev–Trinajstić information content (AvgIpc) is 2.57. The van der Waals surface area contributed by atoms with Gasteiger partial charge in [-0.3, -0.25) is 4.79 Å². The Bertz CT molecular complexity index is 752. The lowest BCUT2D eigenvalue weighted by Crippen LogP contribution is -2.40. The van der Waals surface area contributed by atoms with Gasteiger partial charge < -0.3 is 4.74 Å². The van der Waals surface area contributed by atoms with Crippen LogP contribution < -0.4 is 0 Å². The predicted molar refractivity (Wildman–Crippen MR) is 87.3 cm³/mol. The molecule has 1 atom stereocenters. The molecule has 1 aliphatic rings. The van der Waals surface area contributed by atoms with Crippen molar-refractivity contribution in [2.45, 2.75) is 10.9 Å². The Labute approximate surface area is 136 Å². The Kier molecular flexibility index (Phi) is 3.94. The Balaban J connectivity index is 1.87. The molecule has 0 saturated heterocycles. The summed E-state index contributed by atoms with van der Waals surface area (Å²) >= 11 is 3.32. The number of carbonyl (C=O) groups is 2. The van der Waals surface area contributed by atoms with E-state index in [1.807, 2.05) is 42.5 Å². The van der Waals surface area contributed by atoms with Gasteiger partial charge in [-0.25, -0.2) is 4.79 Å². The van der Waals surface area contributed by atoms with Gasteiger partial charge in [0.25, 0.3) is 0 Å². The Morgan fingerprint density at radius 3 is 2.45 bits per heavy atom. The molecular formula is C18H13BrO3. The average molecular weight is 357 g/mol. The highest BCUT2D eigenvalue weighted by Crippen LogP contribution is 2.40. The highest BCUT2D eigenvalue weighted by Gasteiger charge is 2.48. The van der Waals surface area contributed by atoms with Crippen LogP contribution in [0, 0.1) is 0 Å². The van der Waals surface area contributed by atoms with Crippen molar-refractivity contribution in [1.29, 1.82) is 0 Å². The number of fused-ring (bicyclic) bond motifs is 1. The second-order valence-electron chi connectivity index (χ2n) is 5.01. The third kappa shape index (κ3) is 2.50. The minimum Gasteiger partial charge on any atom is -0.459 e. The lowest BCUT2D eigenvalue weighted by atomic mass is 9.86. The lowest BCUT2D eigenvalue weighted by molar-refractivity contribution is -0.150. The van der Waals surface area contributed by atoms with Gasteiger partial charge >= 0.3 is 5.97 Å². The predicted octanol–water partition coefficient (Wildman–Crippen LogP) is 3.62. The van der Waals surface area contributed by atoms with Crippen molar-refractivity contribution in [3.63, 3.8) is 0 Å². The van der Waals surface area contributed by atoms with Gasteiger partial charge in [0, 0.05) is 0 Å². The molecule has 0 bridgehead atoms. The van der Waals surface area contributed by atoms with Crippen molar-refractivity contribution < 1.29 is 14.3 Å². The summed E-state index contributed by atoms with van der Waals surface area (Å²) < 4.78 is 3.89. The molecule has 0 saturated carbocycles. The smallest absolute Gasteiger partial charge is 0.335 e. The van der Waals surface area contributed by atoms with Crippen LogP contribution in [-0.2, 0) is 25.3 Å². The molecule has 1 unspecified atom stereocenters. The van der Waals surface area contributed by atoms with Gasteiger partial charge in [-0.05, 0) is 22.8 Å². The van der Waals surface area contributed by atoms with Gasteiger partial charge in [-0.15, -0.1) is 0 Å². The fourth-order valence-corrected chi connectivity index (χ4v) is 3.01. The van der Waals surface area contributed by atoms with Crippen LogP contribution in [0.1, 0.15) is 16.7 Å². The maximum Gasteiger partial charge on any atom is 0.335 e. The summed E-state index contributed by atoms with van der Waals surface area (Å²) in [5, 5.41) is 0.